The molecule has 3 aromatic rings. The lowest BCUT2D eigenvalue weighted by atomic mass is 10.1. The van der Waals surface area contributed by atoms with E-state index in [2.05, 4.69) is 15.3 Å². The van der Waals surface area contributed by atoms with Gasteiger partial charge in [-0.2, -0.15) is 0 Å². The number of fused-ring (bicyclic) bond motifs is 1. The number of halogens is 2. The van der Waals surface area contributed by atoms with Crippen LogP contribution in [0.25, 0.3) is 11.0 Å². The topological polar surface area (TPSA) is 54.9 Å². The van der Waals surface area contributed by atoms with Crippen LogP contribution in [0.1, 0.15) is 21.6 Å². The largest absolute Gasteiger partial charge is 0.306 e. The molecule has 2 aromatic heterocycles. The minimum Gasteiger partial charge on any atom is -0.306 e. The molecule has 116 valence electrons. The summed E-state index contributed by atoms with van der Waals surface area (Å²) in [5.41, 5.74) is 2.45. The summed E-state index contributed by atoms with van der Waals surface area (Å²) in [5.74, 6) is -0.378. The maximum atomic E-state index is 12.9. The van der Waals surface area contributed by atoms with Crippen LogP contribution in [-0.4, -0.2) is 15.9 Å². The zero-order chi connectivity index (χ0) is 16.6. The van der Waals surface area contributed by atoms with Gasteiger partial charge in [-0.15, -0.1) is 0 Å². The first kappa shape index (κ1) is 15.4. The lowest BCUT2D eigenvalue weighted by Crippen LogP contribution is -2.13. The number of nitrogens with one attached hydrogen (secondary N) is 1. The van der Waals surface area contributed by atoms with Crippen LogP contribution in [0.5, 0.6) is 0 Å². The van der Waals surface area contributed by atoms with E-state index < -0.39 is 5.82 Å². The van der Waals surface area contributed by atoms with Crippen molar-refractivity contribution in [2.75, 3.05) is 5.32 Å². The fourth-order valence-corrected chi connectivity index (χ4v) is 2.43. The standard InChI is InChI=1S/C17H13ClFN3O/c1-9-13-7-8-14(21-16(13)20-10(2)15(9)18)22-17(23)11-3-5-12(19)6-4-11/h3-8H,1-2H3,(H,20,21,22,23). The Morgan fingerprint density at radius 2 is 1.78 bits per heavy atom. The van der Waals surface area contributed by atoms with Crippen molar-refractivity contribution < 1.29 is 9.18 Å². The Morgan fingerprint density at radius 3 is 2.48 bits per heavy atom. The second kappa shape index (κ2) is 5.93. The van der Waals surface area contributed by atoms with Crippen LogP contribution < -0.4 is 5.32 Å². The number of amides is 1. The number of anilines is 1. The molecule has 0 aliphatic heterocycles. The Bertz CT molecular complexity index is 910. The number of aryl methyl sites for hydroxylation is 2. The van der Waals surface area contributed by atoms with Gasteiger partial charge in [0, 0.05) is 10.9 Å². The molecule has 1 amide bonds. The summed E-state index contributed by atoms with van der Waals surface area (Å²) in [5, 5.41) is 4.12. The highest BCUT2D eigenvalue weighted by Gasteiger charge is 2.11. The number of carbonyl (C=O) groups excluding carboxylic acids is 1. The Balaban J connectivity index is 1.93. The van der Waals surface area contributed by atoms with Crippen LogP contribution in [0.2, 0.25) is 5.02 Å². The molecule has 2 heterocycles. The summed E-state index contributed by atoms with van der Waals surface area (Å²) in [6, 6.07) is 8.80. The van der Waals surface area contributed by atoms with Gasteiger partial charge in [0.05, 0.1) is 10.7 Å². The van der Waals surface area contributed by atoms with Gasteiger partial charge in [0.2, 0.25) is 0 Å². The van der Waals surface area contributed by atoms with E-state index in [0.29, 0.717) is 27.7 Å². The number of benzene rings is 1. The summed E-state index contributed by atoms with van der Waals surface area (Å²) < 4.78 is 12.9. The molecular weight excluding hydrogens is 317 g/mol. The van der Waals surface area contributed by atoms with Gasteiger partial charge in [0.1, 0.15) is 11.6 Å². The Labute approximate surface area is 137 Å². The minimum atomic E-state index is -0.391. The van der Waals surface area contributed by atoms with Crippen LogP contribution >= 0.6 is 11.6 Å². The Morgan fingerprint density at radius 1 is 1.09 bits per heavy atom. The summed E-state index contributed by atoms with van der Waals surface area (Å²) in [6.07, 6.45) is 0. The van der Waals surface area contributed by atoms with Crippen molar-refractivity contribution in [3.8, 4) is 0 Å². The van der Waals surface area contributed by atoms with E-state index in [9.17, 15) is 9.18 Å². The molecule has 0 bridgehead atoms. The number of nitrogens with zero attached hydrogens (tertiary/aromatic N) is 2. The van der Waals surface area contributed by atoms with Crippen LogP contribution in [-0.2, 0) is 0 Å². The lowest BCUT2D eigenvalue weighted by molar-refractivity contribution is 0.102. The van der Waals surface area contributed by atoms with Gasteiger partial charge >= 0.3 is 0 Å². The van der Waals surface area contributed by atoms with Crippen molar-refractivity contribution in [3.63, 3.8) is 0 Å². The van der Waals surface area contributed by atoms with Gasteiger partial charge < -0.3 is 5.32 Å². The summed E-state index contributed by atoms with van der Waals surface area (Å²) >= 11 is 6.18. The SMILES string of the molecule is Cc1nc2nc(NC(=O)c3ccc(F)cc3)ccc2c(C)c1Cl. The highest BCUT2D eigenvalue weighted by Crippen LogP contribution is 2.26. The molecule has 0 saturated heterocycles. The highest BCUT2D eigenvalue weighted by molar-refractivity contribution is 6.32. The number of pyridine rings is 2. The molecule has 6 heteroatoms. The third-order valence-corrected chi connectivity index (χ3v) is 4.10. The van der Waals surface area contributed by atoms with Gasteiger partial charge in [-0.05, 0) is 55.8 Å². The van der Waals surface area contributed by atoms with Gasteiger partial charge in [-0.25, -0.2) is 14.4 Å². The van der Waals surface area contributed by atoms with Gasteiger partial charge in [-0.1, -0.05) is 11.6 Å². The van der Waals surface area contributed by atoms with E-state index in [-0.39, 0.29) is 5.91 Å². The molecular formula is C17H13ClFN3O. The van der Waals surface area contributed by atoms with Gasteiger partial charge in [0.15, 0.2) is 5.65 Å². The minimum absolute atomic E-state index is 0.352. The van der Waals surface area contributed by atoms with Crippen LogP contribution in [0, 0.1) is 19.7 Å². The molecule has 0 saturated carbocycles. The molecule has 4 nitrogen and oxygen atoms in total. The fourth-order valence-electron chi connectivity index (χ4n) is 2.28. The summed E-state index contributed by atoms with van der Waals surface area (Å²) in [7, 11) is 0. The van der Waals surface area contributed by atoms with E-state index in [4.69, 9.17) is 11.6 Å². The number of hydrogen-bond acceptors (Lipinski definition) is 3. The van der Waals surface area contributed by atoms with E-state index in [1.165, 1.54) is 24.3 Å². The van der Waals surface area contributed by atoms with Crippen molar-refractivity contribution >= 4 is 34.4 Å². The van der Waals surface area contributed by atoms with Crippen molar-refractivity contribution in [2.24, 2.45) is 0 Å². The first-order valence-corrected chi connectivity index (χ1v) is 7.34. The smallest absolute Gasteiger partial charge is 0.256 e. The molecule has 0 unspecified atom stereocenters. The average Bonchev–Trinajstić information content (AvgIpc) is 2.53. The maximum Gasteiger partial charge on any atom is 0.256 e. The highest BCUT2D eigenvalue weighted by atomic mass is 35.5. The predicted molar refractivity (Wildman–Crippen MR) is 88.4 cm³/mol. The third-order valence-electron chi connectivity index (χ3n) is 3.55. The zero-order valence-corrected chi connectivity index (χ0v) is 13.3. The molecule has 0 radical (unpaired) electrons. The molecule has 1 N–H and O–H groups in total. The van der Waals surface area contributed by atoms with Crippen LogP contribution in [0.15, 0.2) is 36.4 Å². The van der Waals surface area contributed by atoms with E-state index >= 15 is 0 Å². The first-order valence-electron chi connectivity index (χ1n) is 6.96. The monoisotopic (exact) mass is 329 g/mol. The number of carbonyl (C=O) groups is 1. The molecule has 0 spiro atoms. The predicted octanol–water partition coefficient (Wildman–Crippen LogP) is 4.29. The number of aromatic nitrogens is 2. The fraction of sp³-hybridized carbons (Fsp3) is 0.118. The summed E-state index contributed by atoms with van der Waals surface area (Å²) in [4.78, 5) is 20.8. The lowest BCUT2D eigenvalue weighted by Gasteiger charge is -2.09. The molecule has 0 aliphatic rings. The normalized spacial score (nSPS) is 10.8. The Kier molecular flexibility index (Phi) is 3.96. The summed E-state index contributed by atoms with van der Waals surface area (Å²) in [6.45, 7) is 3.71. The van der Waals surface area contributed by atoms with Crippen molar-refractivity contribution in [1.29, 1.82) is 0 Å². The maximum absolute atomic E-state index is 12.9. The molecule has 0 aliphatic carbocycles. The molecule has 23 heavy (non-hydrogen) atoms. The average molecular weight is 330 g/mol. The molecule has 1 aromatic carbocycles. The molecule has 3 rings (SSSR count). The first-order chi connectivity index (χ1) is 11.0. The van der Waals surface area contributed by atoms with E-state index in [1.807, 2.05) is 13.0 Å². The Hall–Kier alpha value is -2.53. The van der Waals surface area contributed by atoms with Gasteiger partial charge in [-0.3, -0.25) is 4.79 Å². The van der Waals surface area contributed by atoms with Crippen LogP contribution in [0.3, 0.4) is 0 Å². The zero-order valence-electron chi connectivity index (χ0n) is 12.5. The van der Waals surface area contributed by atoms with E-state index in [0.717, 1.165) is 10.9 Å². The molecule has 0 atom stereocenters. The van der Waals surface area contributed by atoms with Crippen molar-refractivity contribution in [2.45, 2.75) is 13.8 Å². The van der Waals surface area contributed by atoms with Crippen molar-refractivity contribution in [3.05, 3.63) is 64.1 Å². The van der Waals surface area contributed by atoms with Gasteiger partial charge in [0.25, 0.3) is 5.91 Å². The second-order valence-corrected chi connectivity index (χ2v) is 5.54. The van der Waals surface area contributed by atoms with Crippen molar-refractivity contribution in [1.82, 2.24) is 9.97 Å². The van der Waals surface area contributed by atoms with Crippen LogP contribution in [0.4, 0.5) is 10.2 Å². The number of hydrogen-bond donors (Lipinski definition) is 1. The number of rotatable bonds is 2. The second-order valence-electron chi connectivity index (χ2n) is 5.16. The quantitative estimate of drug-likeness (QED) is 0.763. The van der Waals surface area contributed by atoms with E-state index in [1.54, 1.807) is 13.0 Å². The third kappa shape index (κ3) is 3.00. The molecule has 0 fully saturated rings.